The lowest BCUT2D eigenvalue weighted by molar-refractivity contribution is 0.433. The number of benzene rings is 10. The lowest BCUT2D eigenvalue weighted by Crippen LogP contribution is -2.33. The van der Waals surface area contributed by atoms with Crippen LogP contribution < -0.4 is 14.4 Å². The predicted molar refractivity (Wildman–Crippen MR) is 325 cm³/mol. The Morgan fingerprint density at radius 1 is 0.300 bits per heavy atom. The summed E-state index contributed by atoms with van der Waals surface area (Å²) in [6.07, 6.45) is 12.9. The maximum absolute atomic E-state index is 7.26. The van der Waals surface area contributed by atoms with E-state index in [1.54, 1.807) is 0 Å². The highest BCUT2D eigenvalue weighted by Crippen LogP contribution is 2.66. The van der Waals surface area contributed by atoms with Crippen molar-refractivity contribution < 1.29 is 9.47 Å². The van der Waals surface area contributed by atoms with Gasteiger partial charge in [-0.2, -0.15) is 0 Å². The molecular weight excluding hydrogens is 971 g/mol. The number of hydrogen-bond donors (Lipinski definition) is 0. The van der Waals surface area contributed by atoms with E-state index in [-0.39, 0.29) is 5.41 Å². The summed E-state index contributed by atoms with van der Waals surface area (Å²) >= 11 is 0. The molecule has 0 atom stereocenters. The van der Waals surface area contributed by atoms with Crippen molar-refractivity contribution >= 4 is 17.1 Å². The first-order chi connectivity index (χ1) is 39.4. The summed E-state index contributed by atoms with van der Waals surface area (Å²) < 4.78 is 14.1. The minimum absolute atomic E-state index is 0.201. The third-order valence-electron chi connectivity index (χ3n) is 20.4. The second-order valence-corrected chi connectivity index (χ2v) is 24.7. The van der Waals surface area contributed by atoms with E-state index in [9.17, 15) is 0 Å². The molecule has 0 aromatic heterocycles. The molecule has 2 aliphatic heterocycles. The van der Waals surface area contributed by atoms with Crippen molar-refractivity contribution in [2.24, 2.45) is 0 Å². The second-order valence-electron chi connectivity index (χ2n) is 24.7. The lowest BCUT2D eigenvalue weighted by atomic mass is 9.65. The van der Waals surface area contributed by atoms with Crippen LogP contribution >= 0.6 is 0 Å². The summed E-state index contributed by atoms with van der Waals surface area (Å²) in [6.45, 7) is 4.80. The molecule has 3 heteroatoms. The minimum Gasteiger partial charge on any atom is -0.457 e. The fourth-order valence-corrected chi connectivity index (χ4v) is 16.7. The van der Waals surface area contributed by atoms with Crippen molar-refractivity contribution in [1.82, 2.24) is 0 Å². The zero-order valence-corrected chi connectivity index (χ0v) is 45.7. The lowest BCUT2D eigenvalue weighted by Gasteiger charge is -2.41. The predicted octanol–water partition coefficient (Wildman–Crippen LogP) is 20.5. The summed E-state index contributed by atoms with van der Waals surface area (Å²) in [6, 6.07) is 81.5. The van der Waals surface area contributed by atoms with Crippen LogP contribution in [0.1, 0.15) is 157 Å². The summed E-state index contributed by atoms with van der Waals surface area (Å²) in [5, 5.41) is 0. The molecule has 0 amide bonds. The molecule has 17 rings (SSSR count). The molecule has 2 fully saturated rings. The highest BCUT2D eigenvalue weighted by Gasteiger charge is 2.54. The van der Waals surface area contributed by atoms with E-state index in [1.165, 1.54) is 153 Å². The van der Waals surface area contributed by atoms with Gasteiger partial charge in [0.05, 0.1) is 10.8 Å². The van der Waals surface area contributed by atoms with Crippen LogP contribution in [0, 0.1) is 0 Å². The summed E-state index contributed by atoms with van der Waals surface area (Å²) in [5.41, 5.74) is 25.5. The van der Waals surface area contributed by atoms with E-state index in [4.69, 9.17) is 9.47 Å². The van der Waals surface area contributed by atoms with E-state index in [0.29, 0.717) is 11.8 Å². The quantitative estimate of drug-likeness (QED) is 0.171. The number of nitrogens with zero attached hydrogens (tertiary/aromatic N) is 1. The summed E-state index contributed by atoms with van der Waals surface area (Å²) in [7, 11) is 0. The molecule has 2 spiro atoms. The molecule has 10 aromatic carbocycles. The van der Waals surface area contributed by atoms with Gasteiger partial charge in [-0.1, -0.05) is 204 Å². The number of anilines is 3. The standard InChI is InChI=1S/C77H63NO2/c1-75(2)61-25-11-9-23-55(61)57-40-35-52(45-66(57)75)78(53-36-41-60-56-24-10-12-26-62(56)76(69(60)46-53)63-27-13-16-30-71(63)79-72-31-17-14-28-64(72)76)54-37-42-74-70(47-54)77(65-29-15-18-32-73(65)80-74)67-43-50(48-19-5-3-6-20-48)33-38-58(67)59-39-34-51(44-68(59)77)49-21-7-4-8-22-49/h9-18,23-49H,3-8,19-22H2,1-2H3. The van der Waals surface area contributed by atoms with Gasteiger partial charge in [-0.15, -0.1) is 0 Å². The molecule has 0 unspecified atom stereocenters. The van der Waals surface area contributed by atoms with Gasteiger partial charge in [-0.05, 0) is 176 Å². The Bertz CT molecular complexity index is 4110. The average molecular weight is 1030 g/mol. The Labute approximate surface area is 470 Å². The first-order valence-electron chi connectivity index (χ1n) is 29.8. The molecule has 80 heavy (non-hydrogen) atoms. The number of para-hydroxylation sites is 3. The Balaban J connectivity index is 0.939. The number of ether oxygens (including phenoxy) is 2. The van der Waals surface area contributed by atoms with E-state index in [2.05, 4.69) is 231 Å². The van der Waals surface area contributed by atoms with Crippen LogP contribution in [0.2, 0.25) is 0 Å². The smallest absolute Gasteiger partial charge is 0.132 e. The highest BCUT2D eigenvalue weighted by molar-refractivity contribution is 5.94. The largest absolute Gasteiger partial charge is 0.457 e. The average Bonchev–Trinajstić information content (AvgIpc) is 2.77. The van der Waals surface area contributed by atoms with Gasteiger partial charge in [-0.3, -0.25) is 0 Å². The number of fused-ring (bicyclic) bond motifs is 21. The fraction of sp³-hybridized carbons (Fsp3) is 0.221. The molecule has 0 radical (unpaired) electrons. The van der Waals surface area contributed by atoms with Crippen molar-refractivity contribution in [3.8, 4) is 56.4 Å². The van der Waals surface area contributed by atoms with Crippen molar-refractivity contribution in [3.05, 3.63) is 279 Å². The van der Waals surface area contributed by atoms with Gasteiger partial charge in [0.1, 0.15) is 23.0 Å². The van der Waals surface area contributed by atoms with E-state index in [0.717, 1.165) is 51.2 Å². The molecule has 0 saturated heterocycles. The molecule has 2 saturated carbocycles. The normalized spacial score (nSPS) is 17.8. The fourth-order valence-electron chi connectivity index (χ4n) is 16.7. The monoisotopic (exact) mass is 1030 g/mol. The second kappa shape index (κ2) is 17.3. The van der Waals surface area contributed by atoms with Crippen molar-refractivity contribution in [2.75, 3.05) is 4.90 Å². The molecule has 0 bridgehead atoms. The molecule has 2 heterocycles. The van der Waals surface area contributed by atoms with Gasteiger partial charge in [0.15, 0.2) is 0 Å². The number of hydrogen-bond acceptors (Lipinski definition) is 3. The van der Waals surface area contributed by atoms with Crippen LogP contribution in [-0.4, -0.2) is 0 Å². The first-order valence-corrected chi connectivity index (χ1v) is 29.8. The van der Waals surface area contributed by atoms with E-state index < -0.39 is 10.8 Å². The number of rotatable bonds is 5. The molecule has 3 nitrogen and oxygen atoms in total. The van der Waals surface area contributed by atoms with E-state index in [1.807, 2.05) is 0 Å². The molecule has 7 aliphatic rings. The topological polar surface area (TPSA) is 21.7 Å². The zero-order valence-electron chi connectivity index (χ0n) is 45.7. The van der Waals surface area contributed by atoms with Crippen LogP contribution in [0.25, 0.3) is 33.4 Å². The third kappa shape index (κ3) is 6.32. The maximum atomic E-state index is 7.26. The Kier molecular flexibility index (Phi) is 10.1. The van der Waals surface area contributed by atoms with Gasteiger partial charge >= 0.3 is 0 Å². The maximum Gasteiger partial charge on any atom is 0.132 e. The van der Waals surface area contributed by atoms with Crippen LogP contribution in [-0.2, 0) is 16.2 Å². The minimum atomic E-state index is -0.632. The van der Waals surface area contributed by atoms with Gasteiger partial charge in [0.2, 0.25) is 0 Å². The van der Waals surface area contributed by atoms with Crippen LogP contribution in [0.4, 0.5) is 17.1 Å². The summed E-state index contributed by atoms with van der Waals surface area (Å²) in [5.74, 6) is 4.77. The van der Waals surface area contributed by atoms with Crippen molar-refractivity contribution in [2.45, 2.75) is 106 Å². The van der Waals surface area contributed by atoms with Crippen LogP contribution in [0.15, 0.2) is 212 Å². The molecule has 10 aromatic rings. The highest BCUT2D eigenvalue weighted by atomic mass is 16.5. The summed E-state index contributed by atoms with van der Waals surface area (Å²) in [4.78, 5) is 2.57. The van der Waals surface area contributed by atoms with Gasteiger partial charge in [0.25, 0.3) is 0 Å². The van der Waals surface area contributed by atoms with Gasteiger partial charge < -0.3 is 14.4 Å². The first kappa shape index (κ1) is 46.5. The molecular formula is C77H63NO2. The van der Waals surface area contributed by atoms with Crippen molar-refractivity contribution in [3.63, 3.8) is 0 Å². The van der Waals surface area contributed by atoms with Gasteiger partial charge in [0, 0.05) is 44.7 Å². The van der Waals surface area contributed by atoms with Crippen LogP contribution in [0.5, 0.6) is 23.0 Å². The Morgan fingerprint density at radius 2 is 0.650 bits per heavy atom. The molecule has 388 valence electrons. The van der Waals surface area contributed by atoms with E-state index >= 15 is 0 Å². The van der Waals surface area contributed by atoms with Gasteiger partial charge in [-0.25, -0.2) is 0 Å². The zero-order chi connectivity index (χ0) is 52.9. The molecule has 0 N–H and O–H groups in total. The third-order valence-corrected chi connectivity index (χ3v) is 20.4. The van der Waals surface area contributed by atoms with Crippen molar-refractivity contribution in [1.29, 1.82) is 0 Å². The Morgan fingerprint density at radius 3 is 1.18 bits per heavy atom. The Hall–Kier alpha value is -8.40. The SMILES string of the molecule is CC1(C)c2ccccc2-c2ccc(N(c3ccc4c(c3)C3(c5ccccc5O4)c4cc(C5CCCCC5)ccc4-c4ccc(C5CCCCC5)cc43)c3ccc4c(c3)C3(c5ccccc5Oc5ccccc53)c3ccccc3-4)cc21. The molecule has 5 aliphatic carbocycles. The van der Waals surface area contributed by atoms with Crippen LogP contribution in [0.3, 0.4) is 0 Å².